The number of carboxylic acids is 2. The number of hydrogen-bond acceptors (Lipinski definition) is 6. The molecule has 0 aliphatic carbocycles. The Labute approximate surface area is 226 Å². The molecule has 0 saturated heterocycles. The van der Waals surface area contributed by atoms with Gasteiger partial charge in [0.1, 0.15) is 11.6 Å². The van der Waals surface area contributed by atoms with Crippen LogP contribution in [-0.4, -0.2) is 56.8 Å². The molecule has 0 fully saturated rings. The highest BCUT2D eigenvalue weighted by Gasteiger charge is 2.53. The summed E-state index contributed by atoms with van der Waals surface area (Å²) >= 11 is 0. The van der Waals surface area contributed by atoms with Crippen molar-refractivity contribution in [1.29, 1.82) is 5.41 Å². The Balaban J connectivity index is 2.31. The topological polar surface area (TPSA) is 171 Å². The fourth-order valence-corrected chi connectivity index (χ4v) is 4.42. The summed E-state index contributed by atoms with van der Waals surface area (Å²) < 4.78 is 5.34. The molecule has 0 heterocycles. The van der Waals surface area contributed by atoms with E-state index in [0.717, 1.165) is 4.90 Å². The number of rotatable bonds is 13. The Kier molecular flexibility index (Phi) is 10.3. The summed E-state index contributed by atoms with van der Waals surface area (Å²) in [4.78, 5) is 51.5. The van der Waals surface area contributed by atoms with Crippen LogP contribution < -0.4 is 10.5 Å². The number of nitrogens with zero attached hydrogens (tertiary/aromatic N) is 1. The first-order chi connectivity index (χ1) is 18.4. The van der Waals surface area contributed by atoms with E-state index in [9.17, 15) is 29.4 Å². The number of benzene rings is 2. The first-order valence-corrected chi connectivity index (χ1v) is 12.3. The minimum atomic E-state index is -1.98. The summed E-state index contributed by atoms with van der Waals surface area (Å²) in [7, 11) is 0. The first kappa shape index (κ1) is 30.5. The molecule has 0 radical (unpaired) electrons. The molecule has 0 saturated carbocycles. The van der Waals surface area contributed by atoms with Crippen molar-refractivity contribution in [2.75, 3.05) is 6.54 Å². The first-order valence-electron chi connectivity index (χ1n) is 12.3. The molecule has 2 rings (SSSR count). The summed E-state index contributed by atoms with van der Waals surface area (Å²) in [6.07, 6.45) is 2.78. The van der Waals surface area contributed by atoms with Crippen LogP contribution in [0.5, 0.6) is 5.75 Å². The minimum Gasteiger partial charge on any atom is -0.481 e. The van der Waals surface area contributed by atoms with Crippen LogP contribution in [0.1, 0.15) is 55.1 Å². The van der Waals surface area contributed by atoms with Crippen LogP contribution in [0, 0.1) is 11.3 Å². The van der Waals surface area contributed by atoms with Crippen molar-refractivity contribution in [2.24, 2.45) is 11.7 Å². The number of ether oxygens (including phenoxy) is 1. The molecule has 2 aromatic carbocycles. The molecule has 0 aromatic heterocycles. The van der Waals surface area contributed by atoms with Gasteiger partial charge in [-0.05, 0) is 67.8 Å². The predicted octanol–water partition coefficient (Wildman–Crippen LogP) is 3.95. The molecule has 0 aliphatic rings. The number of amides is 1. The molecule has 10 nitrogen and oxygen atoms in total. The van der Waals surface area contributed by atoms with Crippen LogP contribution >= 0.6 is 0 Å². The zero-order valence-electron chi connectivity index (χ0n) is 22.1. The van der Waals surface area contributed by atoms with Crippen molar-refractivity contribution in [1.82, 2.24) is 4.90 Å². The number of nitrogens with one attached hydrogen (secondary N) is 1. The third-order valence-corrected chi connectivity index (χ3v) is 6.47. The third kappa shape index (κ3) is 6.78. The molecule has 10 heteroatoms. The Morgan fingerprint density at radius 3 is 2.05 bits per heavy atom. The molecule has 5 N–H and O–H groups in total. The average molecular weight is 536 g/mol. The van der Waals surface area contributed by atoms with Crippen molar-refractivity contribution in [3.8, 4) is 5.75 Å². The quantitative estimate of drug-likeness (QED) is 0.0745. The molecule has 206 valence electrons. The molecular weight excluding hydrogens is 502 g/mol. The lowest BCUT2D eigenvalue weighted by Gasteiger charge is -2.43. The standard InChI is InChI=1S/C29H33N3O7/c1-5-16-32(29(7-3,28(37)38)23(6-2)26(34)35)25(33)18(4)17-19-8-10-21(11-9-19)27(36)39-22-14-12-20(13-15-22)24(30)31/h5,8-15,17,23H,1,6-7,16H2,2-4H3,(H3,30,31)(H,34,35)(H,37,38)/b18-17+/t23?,29-/m0/s1. The van der Waals surface area contributed by atoms with Gasteiger partial charge in [0.05, 0.1) is 11.5 Å². The van der Waals surface area contributed by atoms with E-state index in [4.69, 9.17) is 15.9 Å². The minimum absolute atomic E-state index is 0.0115. The summed E-state index contributed by atoms with van der Waals surface area (Å²) in [6.45, 7) is 8.08. The summed E-state index contributed by atoms with van der Waals surface area (Å²) in [6, 6.07) is 12.4. The van der Waals surface area contributed by atoms with E-state index in [1.54, 1.807) is 31.2 Å². The van der Waals surface area contributed by atoms with Crippen molar-refractivity contribution in [3.63, 3.8) is 0 Å². The lowest BCUT2D eigenvalue weighted by molar-refractivity contribution is -0.170. The fraction of sp³-hybridized carbons (Fsp3) is 0.276. The highest BCUT2D eigenvalue weighted by Crippen LogP contribution is 2.34. The van der Waals surface area contributed by atoms with E-state index >= 15 is 0 Å². The Hall–Kier alpha value is -4.73. The van der Waals surface area contributed by atoms with Gasteiger partial charge in [-0.1, -0.05) is 32.1 Å². The molecular formula is C29H33N3O7. The molecule has 0 aliphatic heterocycles. The number of carbonyl (C=O) groups is 4. The SMILES string of the molecule is C=CCN(C(=O)/C(C)=C/c1ccc(C(=O)Oc2ccc(C(=N)N)cc2)cc1)[C@](CC)(C(=O)O)C(CC)C(=O)O. The predicted molar refractivity (Wildman–Crippen MR) is 146 cm³/mol. The van der Waals surface area contributed by atoms with Crippen molar-refractivity contribution in [2.45, 2.75) is 39.2 Å². The van der Waals surface area contributed by atoms with Gasteiger partial charge in [0.15, 0.2) is 5.54 Å². The normalized spacial score (nSPS) is 13.5. The molecule has 1 unspecified atom stereocenters. The largest absolute Gasteiger partial charge is 0.481 e. The number of nitrogen functional groups attached to an aromatic ring is 1. The van der Waals surface area contributed by atoms with Gasteiger partial charge < -0.3 is 25.6 Å². The zero-order valence-corrected chi connectivity index (χ0v) is 22.1. The van der Waals surface area contributed by atoms with Gasteiger partial charge in [0.25, 0.3) is 5.91 Å². The van der Waals surface area contributed by atoms with Gasteiger partial charge in [0, 0.05) is 17.7 Å². The average Bonchev–Trinajstić information content (AvgIpc) is 2.90. The van der Waals surface area contributed by atoms with E-state index < -0.39 is 35.3 Å². The summed E-state index contributed by atoms with van der Waals surface area (Å²) in [5.41, 5.74) is 4.93. The van der Waals surface area contributed by atoms with Crippen molar-refractivity contribution >= 4 is 35.7 Å². The highest BCUT2D eigenvalue weighted by molar-refractivity contribution is 6.01. The Morgan fingerprint density at radius 2 is 1.62 bits per heavy atom. The van der Waals surface area contributed by atoms with Gasteiger partial charge in [-0.2, -0.15) is 0 Å². The number of nitrogens with two attached hydrogens (primary N) is 1. The molecule has 0 bridgehead atoms. The van der Waals surface area contributed by atoms with Gasteiger partial charge in [-0.25, -0.2) is 9.59 Å². The van der Waals surface area contributed by atoms with E-state index in [1.807, 2.05) is 0 Å². The van der Waals surface area contributed by atoms with Crippen molar-refractivity contribution in [3.05, 3.63) is 83.4 Å². The van der Waals surface area contributed by atoms with Gasteiger partial charge in [0.2, 0.25) is 0 Å². The van der Waals surface area contributed by atoms with E-state index in [0.29, 0.717) is 11.1 Å². The molecule has 39 heavy (non-hydrogen) atoms. The fourth-order valence-electron chi connectivity index (χ4n) is 4.42. The van der Waals surface area contributed by atoms with Crippen LogP contribution in [0.3, 0.4) is 0 Å². The highest BCUT2D eigenvalue weighted by atomic mass is 16.5. The number of carbonyl (C=O) groups excluding carboxylic acids is 2. The second-order valence-corrected chi connectivity index (χ2v) is 8.86. The van der Waals surface area contributed by atoms with E-state index in [2.05, 4.69) is 6.58 Å². The van der Waals surface area contributed by atoms with Crippen LogP contribution in [-0.2, 0) is 14.4 Å². The van der Waals surface area contributed by atoms with Gasteiger partial charge in [-0.15, -0.1) is 6.58 Å². The smallest absolute Gasteiger partial charge is 0.343 e. The van der Waals surface area contributed by atoms with Gasteiger partial charge in [-0.3, -0.25) is 15.0 Å². The van der Waals surface area contributed by atoms with Crippen LogP contribution in [0.4, 0.5) is 0 Å². The van der Waals surface area contributed by atoms with Crippen molar-refractivity contribution < 1.29 is 34.1 Å². The maximum absolute atomic E-state index is 13.5. The summed E-state index contributed by atoms with van der Waals surface area (Å²) in [5, 5.41) is 27.3. The maximum atomic E-state index is 13.5. The van der Waals surface area contributed by atoms with E-state index in [-0.39, 0.29) is 42.1 Å². The summed E-state index contributed by atoms with van der Waals surface area (Å²) in [5.74, 6) is -5.12. The Morgan fingerprint density at radius 1 is 1.05 bits per heavy atom. The number of esters is 1. The van der Waals surface area contributed by atoms with Crippen LogP contribution in [0.25, 0.3) is 6.08 Å². The second-order valence-electron chi connectivity index (χ2n) is 8.86. The van der Waals surface area contributed by atoms with Crippen LogP contribution in [0.2, 0.25) is 0 Å². The lowest BCUT2D eigenvalue weighted by atomic mass is 9.77. The van der Waals surface area contributed by atoms with Crippen LogP contribution in [0.15, 0.2) is 66.8 Å². The zero-order chi connectivity index (χ0) is 29.3. The number of amidine groups is 1. The number of aliphatic carboxylic acids is 2. The lowest BCUT2D eigenvalue weighted by Crippen LogP contribution is -2.63. The van der Waals surface area contributed by atoms with Gasteiger partial charge >= 0.3 is 17.9 Å². The molecule has 2 aromatic rings. The molecule has 0 spiro atoms. The molecule has 1 amide bonds. The molecule has 2 atom stereocenters. The number of carboxylic acid groups (broad SMARTS) is 2. The maximum Gasteiger partial charge on any atom is 0.343 e. The second kappa shape index (κ2) is 13.2. The van der Waals surface area contributed by atoms with E-state index in [1.165, 1.54) is 50.3 Å². The Bertz CT molecular complexity index is 1280. The third-order valence-electron chi connectivity index (χ3n) is 6.47. The monoisotopic (exact) mass is 535 g/mol. The number of hydrogen-bond donors (Lipinski definition) is 4.